The number of halogens is 1. The van der Waals surface area contributed by atoms with Crippen molar-refractivity contribution in [2.45, 2.75) is 58.7 Å². The van der Waals surface area contributed by atoms with Crippen LogP contribution in [0.1, 0.15) is 55.1 Å². The van der Waals surface area contributed by atoms with Crippen LogP contribution in [0.15, 0.2) is 24.3 Å². The summed E-state index contributed by atoms with van der Waals surface area (Å²) in [7, 11) is 0. The summed E-state index contributed by atoms with van der Waals surface area (Å²) in [6.45, 7) is 11.7. The van der Waals surface area contributed by atoms with E-state index in [0.29, 0.717) is 18.2 Å². The summed E-state index contributed by atoms with van der Waals surface area (Å²) in [5, 5.41) is 16.4. The highest BCUT2D eigenvalue weighted by Crippen LogP contribution is 2.57. The lowest BCUT2D eigenvalue weighted by Crippen LogP contribution is -2.53. The topological polar surface area (TPSA) is 83.9 Å². The highest BCUT2D eigenvalue weighted by Gasteiger charge is 2.53. The molecule has 1 aliphatic heterocycles. The molecule has 3 aliphatic rings. The normalized spacial score (nSPS) is 30.2. The predicted molar refractivity (Wildman–Crippen MR) is 150 cm³/mol. The number of nitrogens with one attached hydrogen (secondary N) is 1. The number of amides is 1. The largest absolute Gasteiger partial charge is 0.486 e. The van der Waals surface area contributed by atoms with Crippen molar-refractivity contribution >= 4 is 28.8 Å². The predicted octanol–water partition coefficient (Wildman–Crippen LogP) is 4.51. The van der Waals surface area contributed by atoms with E-state index in [1.807, 2.05) is 31.2 Å². The highest BCUT2D eigenvalue weighted by molar-refractivity contribution is 7.11. The van der Waals surface area contributed by atoms with Gasteiger partial charge in [0.25, 0.3) is 0 Å². The minimum atomic E-state index is -0.537. The third-order valence-corrected chi connectivity index (χ3v) is 10.3. The van der Waals surface area contributed by atoms with E-state index in [1.54, 1.807) is 11.3 Å². The molecule has 38 heavy (non-hydrogen) atoms. The van der Waals surface area contributed by atoms with Gasteiger partial charge in [0.15, 0.2) is 0 Å². The maximum atomic E-state index is 13.1. The first-order valence-electron chi connectivity index (χ1n) is 13.9. The van der Waals surface area contributed by atoms with Gasteiger partial charge < -0.3 is 19.9 Å². The monoisotopic (exact) mass is 561 g/mol. The van der Waals surface area contributed by atoms with Crippen molar-refractivity contribution in [1.82, 2.24) is 15.2 Å². The van der Waals surface area contributed by atoms with Crippen LogP contribution >= 0.6 is 22.9 Å². The summed E-state index contributed by atoms with van der Waals surface area (Å²) in [6, 6.07) is 7.41. The van der Waals surface area contributed by atoms with Gasteiger partial charge in [-0.25, -0.2) is 4.98 Å². The Balaban J connectivity index is 1.22. The molecule has 2 aliphatic carbocycles. The van der Waals surface area contributed by atoms with E-state index in [-0.39, 0.29) is 35.0 Å². The van der Waals surface area contributed by atoms with Crippen LogP contribution in [-0.2, 0) is 22.6 Å². The number of fused-ring (bicyclic) bond motifs is 2. The van der Waals surface area contributed by atoms with E-state index >= 15 is 0 Å². The number of carbonyl (C=O) groups is 1. The second-order valence-electron chi connectivity index (χ2n) is 11.5. The number of hydrogen-bond donors (Lipinski definition) is 2. The zero-order chi connectivity index (χ0) is 26.9. The molecule has 6 atom stereocenters. The van der Waals surface area contributed by atoms with E-state index in [0.717, 1.165) is 68.6 Å². The smallest absolute Gasteiger partial charge is 0.223 e. The molecule has 0 bridgehead atoms. The molecule has 2 aromatic rings. The molecule has 5 rings (SSSR count). The lowest BCUT2D eigenvalue weighted by atomic mass is 9.53. The van der Waals surface area contributed by atoms with Crippen LogP contribution in [0.25, 0.3) is 0 Å². The second-order valence-corrected chi connectivity index (χ2v) is 13.1. The summed E-state index contributed by atoms with van der Waals surface area (Å²) in [5.74, 6) is 0.684. The molecule has 6 unspecified atom stereocenters. The first-order chi connectivity index (χ1) is 18.2. The number of rotatable bonds is 8. The average Bonchev–Trinajstić information content (AvgIpc) is 3.30. The summed E-state index contributed by atoms with van der Waals surface area (Å²) < 4.78 is 11.4. The van der Waals surface area contributed by atoms with Crippen molar-refractivity contribution in [1.29, 1.82) is 0 Å². The number of aliphatic hydroxyl groups excluding tert-OH is 1. The van der Waals surface area contributed by atoms with Crippen LogP contribution in [0, 0.1) is 23.2 Å². The highest BCUT2D eigenvalue weighted by atomic mass is 35.5. The van der Waals surface area contributed by atoms with Crippen LogP contribution in [-0.4, -0.2) is 66.4 Å². The Kier molecular flexibility index (Phi) is 8.65. The van der Waals surface area contributed by atoms with E-state index < -0.39 is 6.10 Å². The Labute approximate surface area is 234 Å². The fraction of sp³-hybridized carbons (Fsp3) is 0.655. The van der Waals surface area contributed by atoms with E-state index in [1.165, 1.54) is 4.88 Å². The third-order valence-electron chi connectivity index (χ3n) is 9.01. The van der Waals surface area contributed by atoms with Crippen molar-refractivity contribution in [2.75, 3.05) is 39.4 Å². The number of morpholine rings is 1. The minimum absolute atomic E-state index is 0.00746. The SMILES string of the molecule is CC(C(=O)NCCN1CCOCC1)C1CCC2(C)Cc3sc(COc4cccc(Cl)c4)nc3C(C)C2C1O. The molecular weight excluding hydrogens is 522 g/mol. The Hall–Kier alpha value is -1.71. The summed E-state index contributed by atoms with van der Waals surface area (Å²) >= 11 is 7.81. The summed E-state index contributed by atoms with van der Waals surface area (Å²) in [5.41, 5.74) is 1.08. The molecule has 1 saturated heterocycles. The van der Waals surface area contributed by atoms with Crippen LogP contribution < -0.4 is 10.1 Å². The number of carbonyl (C=O) groups excluding carboxylic acids is 1. The molecule has 9 heteroatoms. The van der Waals surface area contributed by atoms with Gasteiger partial charge >= 0.3 is 0 Å². The van der Waals surface area contributed by atoms with Crippen LogP contribution in [0.2, 0.25) is 5.02 Å². The fourth-order valence-corrected chi connectivity index (χ4v) is 8.34. The first kappa shape index (κ1) is 27.8. The molecule has 208 valence electrons. The van der Waals surface area contributed by atoms with Gasteiger partial charge in [0, 0.05) is 47.9 Å². The van der Waals surface area contributed by atoms with E-state index in [4.69, 9.17) is 26.1 Å². The van der Waals surface area contributed by atoms with Crippen molar-refractivity contribution in [3.63, 3.8) is 0 Å². The van der Waals surface area contributed by atoms with Gasteiger partial charge in [0.1, 0.15) is 17.4 Å². The Morgan fingerprint density at radius 2 is 2.18 bits per heavy atom. The zero-order valence-corrected chi connectivity index (χ0v) is 24.2. The molecule has 1 amide bonds. The van der Waals surface area contributed by atoms with Crippen molar-refractivity contribution in [2.24, 2.45) is 23.2 Å². The van der Waals surface area contributed by atoms with Crippen LogP contribution in [0.4, 0.5) is 0 Å². The lowest BCUT2D eigenvalue weighted by Gasteiger charge is -2.53. The van der Waals surface area contributed by atoms with Gasteiger partial charge in [-0.15, -0.1) is 11.3 Å². The quantitative estimate of drug-likeness (QED) is 0.493. The van der Waals surface area contributed by atoms with Gasteiger partial charge in [-0.1, -0.05) is 38.4 Å². The molecule has 1 aromatic heterocycles. The lowest BCUT2D eigenvalue weighted by molar-refractivity contribution is -0.134. The molecule has 2 fully saturated rings. The number of aromatic nitrogens is 1. The van der Waals surface area contributed by atoms with Crippen LogP contribution in [0.5, 0.6) is 5.75 Å². The number of ether oxygens (including phenoxy) is 2. The molecule has 2 heterocycles. The van der Waals surface area contributed by atoms with Gasteiger partial charge in [-0.05, 0) is 54.7 Å². The second kappa shape index (κ2) is 11.8. The number of thiazole rings is 1. The van der Waals surface area contributed by atoms with Crippen LogP contribution in [0.3, 0.4) is 0 Å². The molecule has 0 spiro atoms. The zero-order valence-electron chi connectivity index (χ0n) is 22.6. The summed E-state index contributed by atoms with van der Waals surface area (Å²) in [6.07, 6.45) is 2.24. The average molecular weight is 562 g/mol. The van der Waals surface area contributed by atoms with Crippen molar-refractivity contribution in [3.05, 3.63) is 44.9 Å². The molecule has 0 radical (unpaired) electrons. The molecular formula is C29H40ClN3O4S. The molecule has 7 nitrogen and oxygen atoms in total. The van der Waals surface area contributed by atoms with Gasteiger partial charge in [-0.3, -0.25) is 9.69 Å². The Morgan fingerprint density at radius 1 is 1.39 bits per heavy atom. The van der Waals surface area contributed by atoms with Crippen molar-refractivity contribution < 1.29 is 19.4 Å². The first-order valence-corrected chi connectivity index (χ1v) is 15.1. The minimum Gasteiger partial charge on any atom is -0.486 e. The van der Waals surface area contributed by atoms with E-state index in [9.17, 15) is 9.90 Å². The van der Waals surface area contributed by atoms with Crippen molar-refractivity contribution in [3.8, 4) is 5.75 Å². The maximum Gasteiger partial charge on any atom is 0.223 e. The molecule has 1 saturated carbocycles. The van der Waals surface area contributed by atoms with E-state index in [2.05, 4.69) is 24.1 Å². The third kappa shape index (κ3) is 5.89. The van der Waals surface area contributed by atoms with Gasteiger partial charge in [0.05, 0.1) is 25.0 Å². The Bertz CT molecular complexity index is 1120. The number of benzene rings is 1. The number of hydrogen-bond acceptors (Lipinski definition) is 7. The molecule has 1 aromatic carbocycles. The number of nitrogens with zero attached hydrogens (tertiary/aromatic N) is 2. The van der Waals surface area contributed by atoms with Gasteiger partial charge in [-0.2, -0.15) is 0 Å². The number of aliphatic hydroxyl groups is 1. The Morgan fingerprint density at radius 3 is 2.95 bits per heavy atom. The maximum absolute atomic E-state index is 13.1. The molecule has 2 N–H and O–H groups in total. The standard InChI is InChI=1S/C29H40ClN3O4S/c1-18(28(35)31-9-10-33-11-13-36-14-12-33)22-7-8-29(3)16-23-26(19(2)25(29)27(22)34)32-24(38-23)17-37-21-6-4-5-20(30)15-21/h4-6,15,18-19,22,25,27,34H,7-14,16-17H2,1-3H3,(H,31,35). The van der Waals surface area contributed by atoms with Gasteiger partial charge in [0.2, 0.25) is 5.91 Å². The summed E-state index contributed by atoms with van der Waals surface area (Å²) in [4.78, 5) is 21.7. The fourth-order valence-electron chi connectivity index (χ4n) is 6.88.